The van der Waals surface area contributed by atoms with Crippen molar-refractivity contribution in [3.63, 3.8) is 0 Å². The second-order valence-corrected chi connectivity index (χ2v) is 5.26. The molecule has 1 aromatic heterocycles. The molecule has 5 heteroatoms. The van der Waals surface area contributed by atoms with Crippen LogP contribution in [-0.4, -0.2) is 28.5 Å². The van der Waals surface area contributed by atoms with Gasteiger partial charge in [0, 0.05) is 31.5 Å². The lowest BCUT2D eigenvalue weighted by atomic mass is 10.2. The molecule has 102 valence electrons. The first-order valence-electron chi connectivity index (χ1n) is 7.04. The number of rotatable bonds is 1. The van der Waals surface area contributed by atoms with Gasteiger partial charge in [0.1, 0.15) is 5.69 Å². The molecule has 0 unspecified atom stereocenters. The molecule has 2 aromatic rings. The van der Waals surface area contributed by atoms with Gasteiger partial charge in [-0.3, -0.25) is 4.79 Å². The quantitative estimate of drug-likeness (QED) is 0.859. The van der Waals surface area contributed by atoms with E-state index >= 15 is 0 Å². The lowest BCUT2D eigenvalue weighted by molar-refractivity contribution is 0.0985. The van der Waals surface area contributed by atoms with Gasteiger partial charge in [-0.15, -0.1) is 0 Å². The van der Waals surface area contributed by atoms with E-state index in [1.54, 1.807) is 0 Å². The van der Waals surface area contributed by atoms with Crippen LogP contribution in [0.4, 0.5) is 11.6 Å². The fourth-order valence-corrected chi connectivity index (χ4v) is 2.97. The maximum Gasteiger partial charge on any atom is 0.278 e. The van der Waals surface area contributed by atoms with Gasteiger partial charge in [-0.05, 0) is 24.5 Å². The maximum atomic E-state index is 12.6. The standard InChI is InChI=1S/C15H16N4O/c20-14(12-10-18-8-3-7-16-15(18)17-12)19-9-6-11-4-1-2-5-13(11)19/h1-2,4-5,10H,3,6-9H2,(H,16,17). The Morgan fingerprint density at radius 2 is 2.15 bits per heavy atom. The van der Waals surface area contributed by atoms with Gasteiger partial charge in [-0.25, -0.2) is 4.98 Å². The van der Waals surface area contributed by atoms with E-state index in [4.69, 9.17) is 0 Å². The summed E-state index contributed by atoms with van der Waals surface area (Å²) in [6.07, 6.45) is 3.86. The third kappa shape index (κ3) is 1.70. The Balaban J connectivity index is 1.67. The molecule has 3 heterocycles. The van der Waals surface area contributed by atoms with Crippen LogP contribution in [0.3, 0.4) is 0 Å². The predicted octanol–water partition coefficient (Wildman–Crippen LogP) is 1.90. The third-order valence-corrected chi connectivity index (χ3v) is 3.99. The average molecular weight is 268 g/mol. The summed E-state index contributed by atoms with van der Waals surface area (Å²) < 4.78 is 2.03. The molecule has 1 aromatic carbocycles. The molecule has 0 saturated heterocycles. The van der Waals surface area contributed by atoms with Crippen molar-refractivity contribution in [1.29, 1.82) is 0 Å². The normalized spacial score (nSPS) is 16.5. The van der Waals surface area contributed by atoms with Crippen molar-refractivity contribution >= 4 is 17.5 Å². The molecule has 0 radical (unpaired) electrons. The van der Waals surface area contributed by atoms with Gasteiger partial charge in [0.15, 0.2) is 0 Å². The van der Waals surface area contributed by atoms with Gasteiger partial charge < -0.3 is 14.8 Å². The molecule has 0 atom stereocenters. The van der Waals surface area contributed by atoms with Crippen LogP contribution in [0, 0.1) is 0 Å². The summed E-state index contributed by atoms with van der Waals surface area (Å²) in [5.41, 5.74) is 2.80. The number of amides is 1. The minimum atomic E-state index is -0.00125. The molecule has 1 amide bonds. The lowest BCUT2D eigenvalue weighted by Gasteiger charge is -2.15. The minimum absolute atomic E-state index is 0.00125. The highest BCUT2D eigenvalue weighted by atomic mass is 16.2. The summed E-state index contributed by atoms with van der Waals surface area (Å²) >= 11 is 0. The second-order valence-electron chi connectivity index (χ2n) is 5.26. The SMILES string of the molecule is O=C(c1cn2c(n1)NCCC2)N1CCc2ccccc21. The van der Waals surface area contributed by atoms with Crippen molar-refractivity contribution in [3.8, 4) is 0 Å². The van der Waals surface area contributed by atoms with Gasteiger partial charge in [-0.2, -0.15) is 0 Å². The Labute approximate surface area is 117 Å². The number of carbonyl (C=O) groups excluding carboxylic acids is 1. The van der Waals surface area contributed by atoms with Crippen LogP contribution < -0.4 is 10.2 Å². The molecule has 1 N–H and O–H groups in total. The second kappa shape index (κ2) is 4.37. The van der Waals surface area contributed by atoms with Crippen molar-refractivity contribution in [2.45, 2.75) is 19.4 Å². The molecular formula is C15H16N4O. The van der Waals surface area contributed by atoms with E-state index in [2.05, 4.69) is 16.4 Å². The Bertz CT molecular complexity index is 653. The van der Waals surface area contributed by atoms with Crippen molar-refractivity contribution in [2.75, 3.05) is 23.3 Å². The molecule has 0 bridgehead atoms. The van der Waals surface area contributed by atoms with Crippen LogP contribution in [0.2, 0.25) is 0 Å². The largest absolute Gasteiger partial charge is 0.356 e. The number of aryl methyl sites for hydroxylation is 1. The van der Waals surface area contributed by atoms with Crippen LogP contribution >= 0.6 is 0 Å². The molecule has 0 saturated carbocycles. The summed E-state index contributed by atoms with van der Waals surface area (Å²) in [7, 11) is 0. The average Bonchev–Trinajstić information content (AvgIpc) is 3.10. The Hall–Kier alpha value is -2.30. The predicted molar refractivity (Wildman–Crippen MR) is 77.2 cm³/mol. The zero-order chi connectivity index (χ0) is 13.5. The Kier molecular flexibility index (Phi) is 2.52. The number of nitrogens with one attached hydrogen (secondary N) is 1. The van der Waals surface area contributed by atoms with E-state index in [0.29, 0.717) is 5.69 Å². The van der Waals surface area contributed by atoms with Gasteiger partial charge >= 0.3 is 0 Å². The van der Waals surface area contributed by atoms with E-state index < -0.39 is 0 Å². The summed E-state index contributed by atoms with van der Waals surface area (Å²) in [5.74, 6) is 0.811. The number of aromatic nitrogens is 2. The first-order valence-corrected chi connectivity index (χ1v) is 7.04. The molecule has 2 aliphatic heterocycles. The van der Waals surface area contributed by atoms with Crippen LogP contribution in [0.25, 0.3) is 0 Å². The van der Waals surface area contributed by atoms with Gasteiger partial charge in [0.2, 0.25) is 5.95 Å². The number of para-hydroxylation sites is 1. The number of hydrogen-bond acceptors (Lipinski definition) is 3. The fourth-order valence-electron chi connectivity index (χ4n) is 2.97. The summed E-state index contributed by atoms with van der Waals surface area (Å²) in [6.45, 7) is 2.60. The Morgan fingerprint density at radius 1 is 1.25 bits per heavy atom. The maximum absolute atomic E-state index is 12.6. The number of benzene rings is 1. The van der Waals surface area contributed by atoms with E-state index in [1.807, 2.05) is 33.9 Å². The topological polar surface area (TPSA) is 50.2 Å². The first-order chi connectivity index (χ1) is 9.83. The van der Waals surface area contributed by atoms with Crippen LogP contribution in [0.5, 0.6) is 0 Å². The van der Waals surface area contributed by atoms with E-state index in [-0.39, 0.29) is 5.91 Å². The zero-order valence-electron chi connectivity index (χ0n) is 11.2. The van der Waals surface area contributed by atoms with Crippen molar-refractivity contribution in [1.82, 2.24) is 9.55 Å². The van der Waals surface area contributed by atoms with Crippen LogP contribution in [0.1, 0.15) is 22.5 Å². The molecule has 0 fully saturated rings. The molecular weight excluding hydrogens is 252 g/mol. The monoisotopic (exact) mass is 268 g/mol. The van der Waals surface area contributed by atoms with Gasteiger partial charge in [0.25, 0.3) is 5.91 Å². The van der Waals surface area contributed by atoms with E-state index in [9.17, 15) is 4.79 Å². The first kappa shape index (κ1) is 11.5. The van der Waals surface area contributed by atoms with Crippen molar-refractivity contribution < 1.29 is 4.79 Å². The number of fused-ring (bicyclic) bond motifs is 2. The molecule has 4 rings (SSSR count). The van der Waals surface area contributed by atoms with Crippen LogP contribution in [-0.2, 0) is 13.0 Å². The molecule has 2 aliphatic rings. The summed E-state index contributed by atoms with van der Waals surface area (Å²) in [4.78, 5) is 18.9. The number of anilines is 2. The number of hydrogen-bond donors (Lipinski definition) is 1. The highest BCUT2D eigenvalue weighted by Crippen LogP contribution is 2.29. The number of imidazole rings is 1. The fraction of sp³-hybridized carbons (Fsp3) is 0.333. The number of nitrogens with zero attached hydrogens (tertiary/aromatic N) is 3. The smallest absolute Gasteiger partial charge is 0.278 e. The zero-order valence-corrected chi connectivity index (χ0v) is 11.2. The highest BCUT2D eigenvalue weighted by Gasteiger charge is 2.27. The Morgan fingerprint density at radius 3 is 3.05 bits per heavy atom. The molecule has 0 aliphatic carbocycles. The van der Waals surface area contributed by atoms with Gasteiger partial charge in [-0.1, -0.05) is 18.2 Å². The van der Waals surface area contributed by atoms with Crippen molar-refractivity contribution in [2.24, 2.45) is 0 Å². The van der Waals surface area contributed by atoms with E-state index in [0.717, 1.165) is 44.1 Å². The van der Waals surface area contributed by atoms with Crippen LogP contribution in [0.15, 0.2) is 30.5 Å². The van der Waals surface area contributed by atoms with E-state index in [1.165, 1.54) is 5.56 Å². The highest BCUT2D eigenvalue weighted by molar-refractivity contribution is 6.06. The molecule has 5 nitrogen and oxygen atoms in total. The van der Waals surface area contributed by atoms with Gasteiger partial charge in [0.05, 0.1) is 0 Å². The van der Waals surface area contributed by atoms with Crippen molar-refractivity contribution in [3.05, 3.63) is 41.7 Å². The molecule has 0 spiro atoms. The third-order valence-electron chi connectivity index (χ3n) is 3.99. The summed E-state index contributed by atoms with van der Waals surface area (Å²) in [6, 6.07) is 8.09. The molecule has 20 heavy (non-hydrogen) atoms. The number of carbonyl (C=O) groups is 1. The lowest BCUT2D eigenvalue weighted by Crippen LogP contribution is -2.29. The summed E-state index contributed by atoms with van der Waals surface area (Å²) in [5, 5.41) is 3.23. The minimum Gasteiger partial charge on any atom is -0.356 e.